The highest BCUT2D eigenvalue weighted by Gasteiger charge is 2.33. The van der Waals surface area contributed by atoms with E-state index in [4.69, 9.17) is 4.74 Å². The molecule has 1 saturated heterocycles. The number of nitrogens with zero attached hydrogens (tertiary/aromatic N) is 3. The van der Waals surface area contributed by atoms with E-state index in [-0.39, 0.29) is 11.6 Å². The fourth-order valence-corrected chi connectivity index (χ4v) is 2.67. The molecule has 1 amide bonds. The van der Waals surface area contributed by atoms with Gasteiger partial charge in [-0.3, -0.25) is 4.68 Å². The van der Waals surface area contributed by atoms with Crippen molar-refractivity contribution in [2.45, 2.75) is 71.7 Å². The van der Waals surface area contributed by atoms with Gasteiger partial charge >= 0.3 is 6.09 Å². The minimum atomic E-state index is -0.435. The molecule has 0 saturated carbocycles. The van der Waals surface area contributed by atoms with Crippen molar-refractivity contribution in [3.05, 3.63) is 18.0 Å². The monoisotopic (exact) mass is 322 g/mol. The molecule has 1 N–H and O–H groups in total. The van der Waals surface area contributed by atoms with Crippen LogP contribution < -0.4 is 5.32 Å². The highest BCUT2D eigenvalue weighted by atomic mass is 16.6. The quantitative estimate of drug-likeness (QED) is 0.926. The molecule has 1 aliphatic heterocycles. The van der Waals surface area contributed by atoms with Crippen LogP contribution in [0.25, 0.3) is 0 Å². The van der Waals surface area contributed by atoms with E-state index in [0.717, 1.165) is 39.0 Å². The summed E-state index contributed by atoms with van der Waals surface area (Å²) in [7, 11) is 0. The van der Waals surface area contributed by atoms with Crippen molar-refractivity contribution in [1.82, 2.24) is 20.0 Å². The van der Waals surface area contributed by atoms with Gasteiger partial charge in [-0.25, -0.2) is 4.79 Å². The van der Waals surface area contributed by atoms with Gasteiger partial charge < -0.3 is 15.0 Å². The lowest BCUT2D eigenvalue weighted by Gasteiger charge is -2.40. The lowest BCUT2D eigenvalue weighted by Crippen LogP contribution is -2.53. The van der Waals surface area contributed by atoms with Crippen molar-refractivity contribution < 1.29 is 9.53 Å². The summed E-state index contributed by atoms with van der Waals surface area (Å²) < 4.78 is 7.38. The SMILES string of the molecule is CCn1cc(CNC2(C)CCN(C(=O)OC(C)(C)C)CC2)cn1. The Kier molecular flexibility index (Phi) is 5.34. The van der Waals surface area contributed by atoms with Gasteiger partial charge in [-0.2, -0.15) is 5.10 Å². The number of amides is 1. The Labute approximate surface area is 139 Å². The topological polar surface area (TPSA) is 59.4 Å². The van der Waals surface area contributed by atoms with Gasteiger partial charge in [-0.15, -0.1) is 0 Å². The van der Waals surface area contributed by atoms with Crippen molar-refractivity contribution >= 4 is 6.09 Å². The second-order valence-electron chi connectivity index (χ2n) is 7.59. The number of piperidine rings is 1. The van der Waals surface area contributed by atoms with E-state index in [1.54, 1.807) is 0 Å². The van der Waals surface area contributed by atoms with E-state index in [1.807, 2.05) is 36.5 Å². The molecule has 1 fully saturated rings. The predicted octanol–water partition coefficient (Wildman–Crippen LogP) is 2.78. The fraction of sp³-hybridized carbons (Fsp3) is 0.765. The number of nitrogens with one attached hydrogen (secondary N) is 1. The summed E-state index contributed by atoms with van der Waals surface area (Å²) in [5, 5.41) is 7.92. The van der Waals surface area contributed by atoms with Crippen LogP contribution in [0.5, 0.6) is 0 Å². The van der Waals surface area contributed by atoms with Gasteiger partial charge in [0, 0.05) is 43.5 Å². The molecule has 1 aromatic heterocycles. The first kappa shape index (κ1) is 17.8. The average Bonchev–Trinajstić information content (AvgIpc) is 2.92. The van der Waals surface area contributed by atoms with Crippen LogP contribution in [0.4, 0.5) is 4.79 Å². The molecule has 0 aliphatic carbocycles. The molecule has 0 atom stereocenters. The van der Waals surface area contributed by atoms with Crippen molar-refractivity contribution in [2.24, 2.45) is 0 Å². The normalized spacial score (nSPS) is 18.0. The smallest absolute Gasteiger partial charge is 0.410 e. The number of hydrogen-bond acceptors (Lipinski definition) is 4. The fourth-order valence-electron chi connectivity index (χ4n) is 2.67. The number of likely N-dealkylation sites (tertiary alicyclic amines) is 1. The first-order chi connectivity index (χ1) is 10.7. The number of aromatic nitrogens is 2. The molecule has 1 aliphatic rings. The number of rotatable bonds is 4. The molecule has 2 heterocycles. The minimum Gasteiger partial charge on any atom is -0.444 e. The summed E-state index contributed by atoms with van der Waals surface area (Å²) in [6.45, 7) is 13.2. The highest BCUT2D eigenvalue weighted by Crippen LogP contribution is 2.23. The second kappa shape index (κ2) is 6.91. The lowest BCUT2D eigenvalue weighted by atomic mass is 9.89. The van der Waals surface area contributed by atoms with Gasteiger partial charge in [-0.1, -0.05) is 0 Å². The van der Waals surface area contributed by atoms with Crippen molar-refractivity contribution in [3.8, 4) is 0 Å². The predicted molar refractivity (Wildman–Crippen MR) is 90.2 cm³/mol. The van der Waals surface area contributed by atoms with E-state index < -0.39 is 5.60 Å². The van der Waals surface area contributed by atoms with Crippen LogP contribution in [0.15, 0.2) is 12.4 Å². The lowest BCUT2D eigenvalue weighted by molar-refractivity contribution is 0.0157. The van der Waals surface area contributed by atoms with Gasteiger partial charge in [0.2, 0.25) is 0 Å². The maximum atomic E-state index is 12.1. The van der Waals surface area contributed by atoms with Gasteiger partial charge in [0.05, 0.1) is 6.20 Å². The summed E-state index contributed by atoms with van der Waals surface area (Å²) in [4.78, 5) is 13.9. The molecule has 130 valence electrons. The zero-order chi connectivity index (χ0) is 17.1. The number of aryl methyl sites for hydroxylation is 1. The summed E-state index contributed by atoms with van der Waals surface area (Å²) >= 11 is 0. The number of carbonyl (C=O) groups excluding carboxylic acids is 1. The third-order valence-electron chi connectivity index (χ3n) is 4.25. The Balaban J connectivity index is 1.81. The van der Waals surface area contributed by atoms with Crippen molar-refractivity contribution in [3.63, 3.8) is 0 Å². The maximum Gasteiger partial charge on any atom is 0.410 e. The molecule has 6 heteroatoms. The van der Waals surface area contributed by atoms with E-state index >= 15 is 0 Å². The van der Waals surface area contributed by atoms with Crippen LogP contribution in [0.1, 0.15) is 53.0 Å². The highest BCUT2D eigenvalue weighted by molar-refractivity contribution is 5.68. The molecule has 1 aromatic rings. The summed E-state index contributed by atoms with van der Waals surface area (Å²) in [6.07, 6.45) is 5.63. The van der Waals surface area contributed by atoms with Crippen LogP contribution in [-0.4, -0.2) is 45.0 Å². The molecule has 23 heavy (non-hydrogen) atoms. The Bertz CT molecular complexity index is 525. The molecule has 0 spiro atoms. The maximum absolute atomic E-state index is 12.1. The zero-order valence-electron chi connectivity index (χ0n) is 15.1. The third kappa shape index (κ3) is 5.23. The second-order valence-corrected chi connectivity index (χ2v) is 7.59. The number of carbonyl (C=O) groups is 1. The molecular weight excluding hydrogens is 292 g/mol. The Morgan fingerprint density at radius 2 is 2.04 bits per heavy atom. The van der Waals surface area contributed by atoms with Crippen molar-refractivity contribution in [2.75, 3.05) is 13.1 Å². The summed E-state index contributed by atoms with van der Waals surface area (Å²) in [5.41, 5.74) is 0.810. The summed E-state index contributed by atoms with van der Waals surface area (Å²) in [5.74, 6) is 0. The minimum absolute atomic E-state index is 0.0484. The largest absolute Gasteiger partial charge is 0.444 e. The standard InChI is InChI=1S/C17H30N4O2/c1-6-21-13-14(12-19-21)11-18-17(5)7-9-20(10-8-17)15(22)23-16(2,3)4/h12-13,18H,6-11H2,1-5H3. The van der Waals surface area contributed by atoms with E-state index in [2.05, 4.69) is 30.5 Å². The molecule has 6 nitrogen and oxygen atoms in total. The van der Waals surface area contributed by atoms with Crippen LogP contribution in [0.3, 0.4) is 0 Å². The van der Waals surface area contributed by atoms with Gasteiger partial charge in [-0.05, 0) is 47.5 Å². The first-order valence-electron chi connectivity index (χ1n) is 8.45. The van der Waals surface area contributed by atoms with Crippen LogP contribution in [0, 0.1) is 0 Å². The first-order valence-corrected chi connectivity index (χ1v) is 8.45. The molecular formula is C17H30N4O2. The molecule has 0 aromatic carbocycles. The molecule has 2 rings (SSSR count). The van der Waals surface area contributed by atoms with E-state index in [9.17, 15) is 4.79 Å². The average molecular weight is 322 g/mol. The molecule has 0 bridgehead atoms. The van der Waals surface area contributed by atoms with Crippen LogP contribution in [-0.2, 0) is 17.8 Å². The van der Waals surface area contributed by atoms with Gasteiger partial charge in [0.25, 0.3) is 0 Å². The summed E-state index contributed by atoms with van der Waals surface area (Å²) in [6, 6.07) is 0. The third-order valence-corrected chi connectivity index (χ3v) is 4.25. The van der Waals surface area contributed by atoms with E-state index in [1.165, 1.54) is 5.56 Å². The van der Waals surface area contributed by atoms with E-state index in [0.29, 0.717) is 0 Å². The molecule has 0 unspecified atom stereocenters. The Hall–Kier alpha value is -1.56. The zero-order valence-corrected chi connectivity index (χ0v) is 15.1. The number of ether oxygens (including phenoxy) is 1. The molecule has 0 radical (unpaired) electrons. The number of hydrogen-bond donors (Lipinski definition) is 1. The Morgan fingerprint density at radius 1 is 1.39 bits per heavy atom. The van der Waals surface area contributed by atoms with Gasteiger partial charge in [0.1, 0.15) is 5.60 Å². The Morgan fingerprint density at radius 3 is 2.57 bits per heavy atom. The van der Waals surface area contributed by atoms with Crippen molar-refractivity contribution in [1.29, 1.82) is 0 Å². The van der Waals surface area contributed by atoms with Crippen LogP contribution >= 0.6 is 0 Å². The van der Waals surface area contributed by atoms with Gasteiger partial charge in [0.15, 0.2) is 0 Å². The van der Waals surface area contributed by atoms with Crippen LogP contribution in [0.2, 0.25) is 0 Å².